The molecule has 0 bridgehead atoms. The second-order valence-electron chi connectivity index (χ2n) is 2.71. The number of carbonyl (C=O) groups excluding carboxylic acids is 1. The van der Waals surface area contributed by atoms with Crippen molar-refractivity contribution in [2.45, 2.75) is 13.0 Å². The topological polar surface area (TPSA) is 69.6 Å². The van der Waals surface area contributed by atoms with E-state index in [9.17, 15) is 4.79 Å². The summed E-state index contributed by atoms with van der Waals surface area (Å²) in [6.45, 7) is 1.38. The van der Waals surface area contributed by atoms with Gasteiger partial charge in [0, 0.05) is 5.69 Å². The SMILES string of the molecule is C[C@@H](O)C(=O)Nc1ccc(O)cc1. The van der Waals surface area contributed by atoms with E-state index in [4.69, 9.17) is 10.2 Å². The van der Waals surface area contributed by atoms with Gasteiger partial charge in [-0.2, -0.15) is 0 Å². The van der Waals surface area contributed by atoms with Crippen LogP contribution >= 0.6 is 0 Å². The summed E-state index contributed by atoms with van der Waals surface area (Å²) in [5.41, 5.74) is 0.545. The van der Waals surface area contributed by atoms with Crippen LogP contribution in [0, 0.1) is 0 Å². The molecule has 0 saturated carbocycles. The predicted molar refractivity (Wildman–Crippen MR) is 48.4 cm³/mol. The van der Waals surface area contributed by atoms with E-state index >= 15 is 0 Å². The summed E-state index contributed by atoms with van der Waals surface area (Å²) in [6, 6.07) is 6.01. The molecule has 1 atom stereocenters. The summed E-state index contributed by atoms with van der Waals surface area (Å²) in [4.78, 5) is 11.0. The molecule has 1 aromatic carbocycles. The average Bonchev–Trinajstić information content (AvgIpc) is 2.08. The Morgan fingerprint density at radius 1 is 1.38 bits per heavy atom. The number of rotatable bonds is 2. The highest BCUT2D eigenvalue weighted by Gasteiger charge is 2.07. The lowest BCUT2D eigenvalue weighted by Crippen LogP contribution is -2.24. The zero-order valence-corrected chi connectivity index (χ0v) is 7.19. The van der Waals surface area contributed by atoms with E-state index in [-0.39, 0.29) is 5.75 Å². The van der Waals surface area contributed by atoms with Crippen LogP contribution in [0.25, 0.3) is 0 Å². The lowest BCUT2D eigenvalue weighted by Gasteiger charge is -2.06. The molecule has 0 aliphatic heterocycles. The van der Waals surface area contributed by atoms with Crippen molar-refractivity contribution in [2.24, 2.45) is 0 Å². The third-order valence-electron chi connectivity index (χ3n) is 1.51. The normalized spacial score (nSPS) is 12.2. The summed E-state index contributed by atoms with van der Waals surface area (Å²) in [5.74, 6) is -0.333. The van der Waals surface area contributed by atoms with Crippen LogP contribution in [0.5, 0.6) is 5.75 Å². The predicted octanol–water partition coefficient (Wildman–Crippen LogP) is 0.711. The number of amides is 1. The van der Waals surface area contributed by atoms with E-state index in [0.29, 0.717) is 5.69 Å². The van der Waals surface area contributed by atoms with Crippen LogP contribution in [0.2, 0.25) is 0 Å². The molecule has 13 heavy (non-hydrogen) atoms. The van der Waals surface area contributed by atoms with Gasteiger partial charge in [0.15, 0.2) is 0 Å². The highest BCUT2D eigenvalue weighted by Crippen LogP contribution is 2.13. The van der Waals surface area contributed by atoms with Gasteiger partial charge in [0.1, 0.15) is 11.9 Å². The molecular weight excluding hydrogens is 170 g/mol. The third-order valence-corrected chi connectivity index (χ3v) is 1.51. The quantitative estimate of drug-likeness (QED) is 0.588. The number of hydrogen-bond acceptors (Lipinski definition) is 3. The molecule has 70 valence electrons. The highest BCUT2D eigenvalue weighted by molar-refractivity contribution is 5.93. The van der Waals surface area contributed by atoms with E-state index in [1.165, 1.54) is 19.1 Å². The summed E-state index contributed by atoms with van der Waals surface area (Å²) in [5, 5.41) is 20.3. The van der Waals surface area contributed by atoms with Gasteiger partial charge in [-0.25, -0.2) is 0 Å². The average molecular weight is 181 g/mol. The molecule has 0 spiro atoms. The van der Waals surface area contributed by atoms with Gasteiger partial charge in [-0.3, -0.25) is 4.79 Å². The Morgan fingerprint density at radius 2 is 1.92 bits per heavy atom. The number of aliphatic hydroxyl groups excluding tert-OH is 1. The second-order valence-corrected chi connectivity index (χ2v) is 2.71. The Labute approximate surface area is 75.8 Å². The molecule has 4 nitrogen and oxygen atoms in total. The van der Waals surface area contributed by atoms with Crippen molar-refractivity contribution in [2.75, 3.05) is 5.32 Å². The van der Waals surface area contributed by atoms with Crippen LogP contribution < -0.4 is 5.32 Å². The Balaban J connectivity index is 2.65. The van der Waals surface area contributed by atoms with Gasteiger partial charge >= 0.3 is 0 Å². The first-order chi connectivity index (χ1) is 6.09. The number of benzene rings is 1. The molecule has 3 N–H and O–H groups in total. The van der Waals surface area contributed by atoms with E-state index in [0.717, 1.165) is 0 Å². The fourth-order valence-corrected chi connectivity index (χ4v) is 0.791. The minimum absolute atomic E-state index is 0.134. The van der Waals surface area contributed by atoms with E-state index in [2.05, 4.69) is 5.32 Å². The van der Waals surface area contributed by atoms with Gasteiger partial charge in [-0.15, -0.1) is 0 Å². The smallest absolute Gasteiger partial charge is 0.252 e. The zero-order valence-electron chi connectivity index (χ0n) is 7.19. The molecule has 1 aromatic rings. The maximum absolute atomic E-state index is 11.0. The zero-order chi connectivity index (χ0) is 9.84. The molecule has 0 aliphatic rings. The molecule has 0 heterocycles. The van der Waals surface area contributed by atoms with Crippen LogP contribution in [-0.2, 0) is 4.79 Å². The number of hydrogen-bond donors (Lipinski definition) is 3. The third kappa shape index (κ3) is 2.76. The lowest BCUT2D eigenvalue weighted by atomic mass is 10.3. The molecule has 0 aromatic heterocycles. The minimum atomic E-state index is -1.03. The Bertz CT molecular complexity index is 292. The van der Waals surface area contributed by atoms with Gasteiger partial charge < -0.3 is 15.5 Å². The first-order valence-corrected chi connectivity index (χ1v) is 3.87. The van der Waals surface area contributed by atoms with Crippen LogP contribution in [0.3, 0.4) is 0 Å². The highest BCUT2D eigenvalue weighted by atomic mass is 16.3. The number of phenols is 1. The number of nitrogens with one attached hydrogen (secondary N) is 1. The summed E-state index contributed by atoms with van der Waals surface area (Å²) in [7, 11) is 0. The molecule has 4 heteroatoms. The molecule has 0 saturated heterocycles. The van der Waals surface area contributed by atoms with Gasteiger partial charge in [-0.05, 0) is 31.2 Å². The second kappa shape index (κ2) is 3.91. The van der Waals surface area contributed by atoms with Crippen molar-refractivity contribution in [1.82, 2.24) is 0 Å². The largest absolute Gasteiger partial charge is 0.508 e. The number of aromatic hydroxyl groups is 1. The molecule has 1 rings (SSSR count). The molecular formula is C9H11NO3. The number of phenolic OH excluding ortho intramolecular Hbond substituents is 1. The number of anilines is 1. The van der Waals surface area contributed by atoms with Crippen molar-refractivity contribution in [3.63, 3.8) is 0 Å². The molecule has 0 fully saturated rings. The Hall–Kier alpha value is -1.55. The molecule has 0 radical (unpaired) electrons. The lowest BCUT2D eigenvalue weighted by molar-refractivity contribution is -0.123. The monoisotopic (exact) mass is 181 g/mol. The van der Waals surface area contributed by atoms with Gasteiger partial charge in [-0.1, -0.05) is 0 Å². The standard InChI is InChI=1S/C9H11NO3/c1-6(11)9(13)10-7-2-4-8(12)5-3-7/h2-6,11-12H,1H3,(H,10,13)/t6-/m1/s1. The van der Waals surface area contributed by atoms with Crippen molar-refractivity contribution in [1.29, 1.82) is 0 Å². The van der Waals surface area contributed by atoms with Crippen LogP contribution in [-0.4, -0.2) is 22.2 Å². The fraction of sp³-hybridized carbons (Fsp3) is 0.222. The van der Waals surface area contributed by atoms with Crippen LogP contribution in [0.15, 0.2) is 24.3 Å². The maximum atomic E-state index is 11.0. The molecule has 0 aliphatic carbocycles. The maximum Gasteiger partial charge on any atom is 0.252 e. The minimum Gasteiger partial charge on any atom is -0.508 e. The first-order valence-electron chi connectivity index (χ1n) is 3.87. The van der Waals surface area contributed by atoms with Crippen molar-refractivity contribution >= 4 is 11.6 Å². The van der Waals surface area contributed by atoms with Crippen molar-refractivity contribution in [3.05, 3.63) is 24.3 Å². The summed E-state index contributed by atoms with van der Waals surface area (Å²) < 4.78 is 0. The number of carbonyl (C=O) groups is 1. The van der Waals surface area contributed by atoms with Crippen molar-refractivity contribution < 1.29 is 15.0 Å². The summed E-state index contributed by atoms with van der Waals surface area (Å²) >= 11 is 0. The van der Waals surface area contributed by atoms with Crippen LogP contribution in [0.1, 0.15) is 6.92 Å². The van der Waals surface area contributed by atoms with Gasteiger partial charge in [0.25, 0.3) is 5.91 Å². The van der Waals surface area contributed by atoms with E-state index < -0.39 is 12.0 Å². The molecule has 1 amide bonds. The van der Waals surface area contributed by atoms with Gasteiger partial charge in [0.2, 0.25) is 0 Å². The summed E-state index contributed by atoms with van der Waals surface area (Å²) in [6.07, 6.45) is -1.03. The Kier molecular flexibility index (Phi) is 2.87. The van der Waals surface area contributed by atoms with Crippen molar-refractivity contribution in [3.8, 4) is 5.75 Å². The Morgan fingerprint density at radius 3 is 2.38 bits per heavy atom. The fourth-order valence-electron chi connectivity index (χ4n) is 0.791. The molecule has 0 unspecified atom stereocenters. The van der Waals surface area contributed by atoms with E-state index in [1.807, 2.05) is 0 Å². The van der Waals surface area contributed by atoms with Crippen LogP contribution in [0.4, 0.5) is 5.69 Å². The van der Waals surface area contributed by atoms with E-state index in [1.54, 1.807) is 12.1 Å². The number of aliphatic hydroxyl groups is 1. The van der Waals surface area contributed by atoms with Gasteiger partial charge in [0.05, 0.1) is 0 Å². The first kappa shape index (κ1) is 9.54.